The molecule has 1 aromatic carbocycles. The van der Waals surface area contributed by atoms with E-state index in [2.05, 4.69) is 15.9 Å². The van der Waals surface area contributed by atoms with Crippen LogP contribution in [0.1, 0.15) is 25.8 Å². The molecule has 106 valence electrons. The maximum atomic E-state index is 14.3. The molecule has 0 heterocycles. The van der Waals surface area contributed by atoms with Crippen LogP contribution in [0.4, 0.5) is 4.39 Å². The summed E-state index contributed by atoms with van der Waals surface area (Å²) in [5.41, 5.74) is -0.748. The van der Waals surface area contributed by atoms with Gasteiger partial charge in [-0.2, -0.15) is 0 Å². The lowest BCUT2D eigenvalue weighted by Gasteiger charge is -2.27. The minimum absolute atomic E-state index is 0.184. The van der Waals surface area contributed by atoms with Gasteiger partial charge in [0.2, 0.25) is 0 Å². The first-order valence-electron chi connectivity index (χ1n) is 5.56. The molecule has 0 unspecified atom stereocenters. The maximum Gasteiger partial charge on any atom is 0.304 e. The molecule has 1 rings (SSSR count). The van der Waals surface area contributed by atoms with E-state index < -0.39 is 17.2 Å². The Labute approximate surface area is 119 Å². The molecule has 0 saturated carbocycles. The quantitative estimate of drug-likeness (QED) is 0.897. The van der Waals surface area contributed by atoms with Crippen LogP contribution in [0.3, 0.4) is 0 Å². The van der Waals surface area contributed by atoms with Crippen molar-refractivity contribution in [3.63, 3.8) is 0 Å². The summed E-state index contributed by atoms with van der Waals surface area (Å²) >= 11 is 3.10. The third-order valence-electron chi connectivity index (χ3n) is 2.83. The van der Waals surface area contributed by atoms with Crippen LogP contribution in [0.15, 0.2) is 10.5 Å². The standard InChI is InChI=1S/C13H16BrFO4/c1-13(2,6-9(16)17)10-11(15)7(14)5-8(18-3)12(10)19-4/h5H,6H2,1-4H3,(H,16,17). The molecule has 0 aliphatic carbocycles. The second-order valence-corrected chi connectivity index (χ2v) is 5.59. The van der Waals surface area contributed by atoms with Gasteiger partial charge in [-0.25, -0.2) is 4.39 Å². The Kier molecular flexibility index (Phi) is 4.79. The average molecular weight is 335 g/mol. The number of carboxylic acids is 1. The van der Waals surface area contributed by atoms with Gasteiger partial charge in [0.05, 0.1) is 25.1 Å². The predicted molar refractivity (Wildman–Crippen MR) is 72.5 cm³/mol. The van der Waals surface area contributed by atoms with Gasteiger partial charge in [-0.05, 0) is 15.9 Å². The number of benzene rings is 1. The molecule has 0 radical (unpaired) electrons. The molecule has 0 spiro atoms. The first-order chi connectivity index (χ1) is 8.74. The summed E-state index contributed by atoms with van der Waals surface area (Å²) in [5, 5.41) is 8.95. The topological polar surface area (TPSA) is 55.8 Å². The molecular formula is C13H16BrFO4. The average Bonchev–Trinajstić information content (AvgIpc) is 2.29. The Bertz CT molecular complexity index is 500. The number of hydrogen-bond donors (Lipinski definition) is 1. The Morgan fingerprint density at radius 2 is 2.00 bits per heavy atom. The largest absolute Gasteiger partial charge is 0.493 e. The number of ether oxygens (including phenoxy) is 2. The molecule has 1 aromatic rings. The molecule has 0 fully saturated rings. The monoisotopic (exact) mass is 334 g/mol. The van der Waals surface area contributed by atoms with Crippen molar-refractivity contribution < 1.29 is 23.8 Å². The number of carboxylic acid groups (broad SMARTS) is 1. The molecule has 0 saturated heterocycles. The second kappa shape index (κ2) is 5.77. The van der Waals surface area contributed by atoms with Gasteiger partial charge in [0.25, 0.3) is 0 Å². The fourth-order valence-corrected chi connectivity index (χ4v) is 2.42. The molecule has 4 nitrogen and oxygen atoms in total. The number of aliphatic carboxylic acids is 1. The van der Waals surface area contributed by atoms with Crippen LogP contribution < -0.4 is 9.47 Å². The molecule has 6 heteroatoms. The first-order valence-corrected chi connectivity index (χ1v) is 6.36. The first kappa shape index (κ1) is 15.8. The number of hydrogen-bond acceptors (Lipinski definition) is 3. The molecular weight excluding hydrogens is 319 g/mol. The summed E-state index contributed by atoms with van der Waals surface area (Å²) in [6, 6.07) is 1.45. The minimum Gasteiger partial charge on any atom is -0.493 e. The summed E-state index contributed by atoms with van der Waals surface area (Å²) in [5.74, 6) is -0.979. The fraction of sp³-hybridized carbons (Fsp3) is 0.462. The zero-order valence-electron chi connectivity index (χ0n) is 11.2. The van der Waals surface area contributed by atoms with Crippen LogP contribution in [0.25, 0.3) is 0 Å². The smallest absolute Gasteiger partial charge is 0.304 e. The molecule has 0 aliphatic rings. The van der Waals surface area contributed by atoms with Gasteiger partial charge in [0.15, 0.2) is 11.5 Å². The number of halogens is 2. The van der Waals surface area contributed by atoms with Gasteiger partial charge in [-0.1, -0.05) is 13.8 Å². The van der Waals surface area contributed by atoms with Crippen LogP contribution in [-0.4, -0.2) is 25.3 Å². The van der Waals surface area contributed by atoms with Crippen LogP contribution >= 0.6 is 15.9 Å². The summed E-state index contributed by atoms with van der Waals surface area (Å²) in [6.07, 6.45) is -0.222. The fourth-order valence-electron chi connectivity index (χ4n) is 2.01. The van der Waals surface area contributed by atoms with Crippen molar-refractivity contribution in [2.75, 3.05) is 14.2 Å². The molecule has 19 heavy (non-hydrogen) atoms. The summed E-state index contributed by atoms with van der Waals surface area (Å²) in [7, 11) is 2.84. The summed E-state index contributed by atoms with van der Waals surface area (Å²) in [4.78, 5) is 10.9. The van der Waals surface area contributed by atoms with Crippen LogP contribution in [0, 0.1) is 5.82 Å². The normalized spacial score (nSPS) is 11.3. The highest BCUT2D eigenvalue weighted by atomic mass is 79.9. The Morgan fingerprint density at radius 1 is 1.42 bits per heavy atom. The van der Waals surface area contributed by atoms with E-state index in [9.17, 15) is 9.18 Å². The van der Waals surface area contributed by atoms with Gasteiger partial charge in [-0.15, -0.1) is 0 Å². The van der Waals surface area contributed by atoms with Gasteiger partial charge in [0, 0.05) is 17.0 Å². The molecule has 0 bridgehead atoms. The summed E-state index contributed by atoms with van der Waals surface area (Å²) < 4.78 is 24.9. The van der Waals surface area contributed by atoms with Crippen molar-refractivity contribution in [2.45, 2.75) is 25.7 Å². The molecule has 0 aromatic heterocycles. The SMILES string of the molecule is COc1cc(Br)c(F)c(C(C)(C)CC(=O)O)c1OC. The zero-order chi connectivity index (χ0) is 14.8. The highest BCUT2D eigenvalue weighted by Gasteiger charge is 2.33. The number of methoxy groups -OCH3 is 2. The van der Waals surface area contributed by atoms with E-state index in [1.165, 1.54) is 20.3 Å². The van der Waals surface area contributed by atoms with Gasteiger partial charge >= 0.3 is 5.97 Å². The third kappa shape index (κ3) is 3.18. The van der Waals surface area contributed by atoms with Crippen LogP contribution in [-0.2, 0) is 10.2 Å². The van der Waals surface area contributed by atoms with E-state index in [0.29, 0.717) is 5.75 Å². The lowest BCUT2D eigenvalue weighted by molar-refractivity contribution is -0.138. The van der Waals surface area contributed by atoms with Gasteiger partial charge < -0.3 is 14.6 Å². The highest BCUT2D eigenvalue weighted by molar-refractivity contribution is 9.10. The zero-order valence-corrected chi connectivity index (χ0v) is 12.8. The summed E-state index contributed by atoms with van der Waals surface area (Å²) in [6.45, 7) is 3.29. The van der Waals surface area contributed by atoms with E-state index in [0.717, 1.165) is 0 Å². The van der Waals surface area contributed by atoms with Crippen molar-refractivity contribution in [3.05, 3.63) is 21.9 Å². The Morgan fingerprint density at radius 3 is 2.42 bits per heavy atom. The Hall–Kier alpha value is -1.30. The van der Waals surface area contributed by atoms with Crippen LogP contribution in [0.5, 0.6) is 11.5 Å². The van der Waals surface area contributed by atoms with Crippen molar-refractivity contribution in [1.82, 2.24) is 0 Å². The van der Waals surface area contributed by atoms with Gasteiger partial charge in [0.1, 0.15) is 5.82 Å². The van der Waals surface area contributed by atoms with Crippen molar-refractivity contribution >= 4 is 21.9 Å². The van der Waals surface area contributed by atoms with E-state index in [4.69, 9.17) is 14.6 Å². The van der Waals surface area contributed by atoms with Crippen molar-refractivity contribution in [2.24, 2.45) is 0 Å². The molecule has 0 atom stereocenters. The number of rotatable bonds is 5. The van der Waals surface area contributed by atoms with Gasteiger partial charge in [-0.3, -0.25) is 4.79 Å². The van der Waals surface area contributed by atoms with E-state index in [1.54, 1.807) is 13.8 Å². The van der Waals surface area contributed by atoms with Crippen molar-refractivity contribution in [3.8, 4) is 11.5 Å². The lowest BCUT2D eigenvalue weighted by Crippen LogP contribution is -2.24. The predicted octanol–water partition coefficient (Wildman–Crippen LogP) is 3.36. The van der Waals surface area contributed by atoms with Crippen molar-refractivity contribution in [1.29, 1.82) is 0 Å². The minimum atomic E-state index is -1.01. The highest BCUT2D eigenvalue weighted by Crippen LogP contribution is 2.44. The van der Waals surface area contributed by atoms with E-state index in [1.807, 2.05) is 0 Å². The molecule has 0 aliphatic heterocycles. The maximum absolute atomic E-state index is 14.3. The second-order valence-electron chi connectivity index (χ2n) is 4.74. The van der Waals surface area contributed by atoms with E-state index in [-0.39, 0.29) is 22.2 Å². The lowest BCUT2D eigenvalue weighted by atomic mass is 9.80. The Balaban J connectivity index is 3.55. The third-order valence-corrected chi connectivity index (χ3v) is 3.41. The van der Waals surface area contributed by atoms with E-state index >= 15 is 0 Å². The molecule has 0 amide bonds. The molecule has 1 N–H and O–H groups in total. The number of carbonyl (C=O) groups is 1. The van der Waals surface area contributed by atoms with Crippen LogP contribution in [0.2, 0.25) is 0 Å².